The Hall–Kier alpha value is -5.09. The van der Waals surface area contributed by atoms with Gasteiger partial charge < -0.3 is 5.32 Å². The summed E-state index contributed by atoms with van der Waals surface area (Å²) in [5, 5.41) is 11.7. The van der Waals surface area contributed by atoms with Gasteiger partial charge in [-0.1, -0.05) is 60.7 Å². The van der Waals surface area contributed by atoms with E-state index in [1.54, 1.807) is 48.7 Å². The minimum absolute atomic E-state index is 0.239. The first-order valence-corrected chi connectivity index (χ1v) is 12.4. The topological polar surface area (TPSA) is 118 Å². The smallest absolute Gasteiger partial charge is 0.287 e. The minimum Gasteiger partial charge on any atom is -0.321 e. The van der Waals surface area contributed by atoms with Gasteiger partial charge in [-0.05, 0) is 41.6 Å². The summed E-state index contributed by atoms with van der Waals surface area (Å²) >= 11 is 1.07. The Morgan fingerprint density at radius 1 is 0.868 bits per heavy atom. The van der Waals surface area contributed by atoms with E-state index in [1.807, 2.05) is 42.5 Å². The maximum atomic E-state index is 12.5. The second-order valence-electron chi connectivity index (χ2n) is 8.32. The van der Waals surface area contributed by atoms with E-state index in [2.05, 4.69) is 25.9 Å². The maximum Gasteiger partial charge on any atom is 0.287 e. The van der Waals surface area contributed by atoms with Crippen molar-refractivity contribution in [1.82, 2.24) is 15.2 Å². The zero-order chi connectivity index (χ0) is 26.1. The number of carbonyl (C=O) groups excluding carboxylic acids is 2. The van der Waals surface area contributed by atoms with Crippen molar-refractivity contribution in [3.8, 4) is 16.9 Å². The second kappa shape index (κ2) is 9.75. The molecule has 3 aromatic carbocycles. The van der Waals surface area contributed by atoms with E-state index in [0.29, 0.717) is 28.2 Å². The summed E-state index contributed by atoms with van der Waals surface area (Å²) in [5.74, 6) is -0.820. The summed E-state index contributed by atoms with van der Waals surface area (Å²) in [6.45, 7) is 0. The van der Waals surface area contributed by atoms with Crippen LogP contribution in [0.1, 0.15) is 11.1 Å². The number of carbonyl (C=O) groups is 2. The molecule has 3 heterocycles. The average Bonchev–Trinajstić information content (AvgIpc) is 3.47. The van der Waals surface area contributed by atoms with Crippen LogP contribution in [-0.4, -0.2) is 33.0 Å². The van der Waals surface area contributed by atoms with Gasteiger partial charge in [0.1, 0.15) is 0 Å². The van der Waals surface area contributed by atoms with Crippen LogP contribution in [0.25, 0.3) is 22.5 Å². The number of nitrogens with zero attached hydrogens (tertiary/aromatic N) is 4. The normalized spacial score (nSPS) is 16.5. The Bertz CT molecular complexity index is 1740. The van der Waals surface area contributed by atoms with Crippen LogP contribution >= 0.6 is 11.8 Å². The van der Waals surface area contributed by atoms with Gasteiger partial charge in [-0.25, -0.2) is 0 Å². The Morgan fingerprint density at radius 3 is 2.45 bits per heavy atom. The lowest BCUT2D eigenvalue weighted by molar-refractivity contribution is -0.114. The molecule has 2 N–H and O–H groups in total. The molecule has 6 rings (SSSR count). The first-order chi connectivity index (χ1) is 18.6. The highest BCUT2D eigenvalue weighted by atomic mass is 32.2. The quantitative estimate of drug-likeness (QED) is 0.241. The Labute approximate surface area is 220 Å². The molecule has 2 aliphatic heterocycles. The van der Waals surface area contributed by atoms with Crippen LogP contribution in [0.5, 0.6) is 0 Å². The van der Waals surface area contributed by atoms with Crippen molar-refractivity contribution in [3.05, 3.63) is 117 Å². The molecule has 9 nitrogen and oxygen atoms in total. The zero-order valence-corrected chi connectivity index (χ0v) is 20.5. The third kappa shape index (κ3) is 4.44. The molecule has 0 saturated heterocycles. The Morgan fingerprint density at radius 2 is 1.63 bits per heavy atom. The van der Waals surface area contributed by atoms with E-state index in [9.17, 15) is 14.4 Å². The van der Waals surface area contributed by atoms with Crippen LogP contribution in [0.3, 0.4) is 0 Å². The predicted octanol–water partition coefficient (Wildman–Crippen LogP) is 3.82. The molecule has 184 valence electrons. The Balaban J connectivity index is 1.16. The molecule has 0 bridgehead atoms. The third-order valence-corrected chi connectivity index (χ3v) is 6.83. The van der Waals surface area contributed by atoms with Crippen molar-refractivity contribution in [2.45, 2.75) is 0 Å². The number of para-hydroxylation sites is 1. The van der Waals surface area contributed by atoms with Gasteiger partial charge in [-0.3, -0.25) is 19.8 Å². The van der Waals surface area contributed by atoms with Gasteiger partial charge in [0.2, 0.25) is 0 Å². The van der Waals surface area contributed by atoms with E-state index >= 15 is 0 Å². The molecular weight excluding hydrogens is 500 g/mol. The van der Waals surface area contributed by atoms with Crippen LogP contribution in [0.4, 0.5) is 5.69 Å². The van der Waals surface area contributed by atoms with Gasteiger partial charge in [-0.2, -0.15) is 19.9 Å². The number of aromatic nitrogens is 2. The molecule has 0 unspecified atom stereocenters. The molecule has 2 amide bonds. The summed E-state index contributed by atoms with van der Waals surface area (Å²) in [6.07, 6.45) is 1.57. The number of anilines is 1. The van der Waals surface area contributed by atoms with Crippen LogP contribution in [-0.2, 0) is 9.59 Å². The number of rotatable bonds is 4. The molecule has 0 radical (unpaired) electrons. The second-order valence-corrected chi connectivity index (χ2v) is 9.32. The summed E-state index contributed by atoms with van der Waals surface area (Å²) < 4.78 is 1.35. The molecule has 0 spiro atoms. The fourth-order valence-corrected chi connectivity index (χ4v) is 4.94. The van der Waals surface area contributed by atoms with Crippen molar-refractivity contribution in [3.63, 3.8) is 0 Å². The summed E-state index contributed by atoms with van der Waals surface area (Å²) in [6, 6.07) is 27.2. The van der Waals surface area contributed by atoms with Crippen LogP contribution < -0.4 is 16.3 Å². The lowest BCUT2D eigenvalue weighted by atomic mass is 10.1. The highest BCUT2D eigenvalue weighted by Crippen LogP contribution is 2.39. The number of nitrogens with one attached hydrogen (secondary N) is 2. The van der Waals surface area contributed by atoms with Crippen LogP contribution in [0.2, 0.25) is 0 Å². The van der Waals surface area contributed by atoms with Gasteiger partial charge in [0.15, 0.2) is 5.17 Å². The lowest BCUT2D eigenvalue weighted by Crippen LogP contribution is -2.20. The van der Waals surface area contributed by atoms with E-state index in [1.165, 1.54) is 10.7 Å². The van der Waals surface area contributed by atoms with Gasteiger partial charge in [0, 0.05) is 22.9 Å². The number of amidine groups is 1. The van der Waals surface area contributed by atoms with Crippen molar-refractivity contribution in [2.75, 3.05) is 5.32 Å². The number of thioether (sulfide) groups is 1. The molecule has 4 aromatic rings. The number of aliphatic imine (C=N–C) groups is 1. The summed E-state index contributed by atoms with van der Waals surface area (Å²) in [7, 11) is 0. The predicted molar refractivity (Wildman–Crippen MR) is 148 cm³/mol. The number of hydrogen-bond acceptors (Lipinski definition) is 7. The number of amides is 2. The zero-order valence-electron chi connectivity index (χ0n) is 19.7. The average molecular weight is 519 g/mol. The van der Waals surface area contributed by atoms with Crippen molar-refractivity contribution in [2.24, 2.45) is 10.1 Å². The van der Waals surface area contributed by atoms with Gasteiger partial charge in [0.05, 0.1) is 28.1 Å². The number of fused-ring (bicyclic) bond motifs is 1. The Kier molecular flexibility index (Phi) is 5.98. The van der Waals surface area contributed by atoms with E-state index in [-0.39, 0.29) is 21.5 Å². The molecule has 0 fully saturated rings. The molecular formula is C28H18N6O3S. The number of hydrogen-bond donors (Lipinski definition) is 2. The molecule has 0 atom stereocenters. The molecule has 0 saturated carbocycles. The molecule has 0 aliphatic carbocycles. The van der Waals surface area contributed by atoms with Crippen molar-refractivity contribution < 1.29 is 9.59 Å². The highest BCUT2D eigenvalue weighted by molar-refractivity contribution is 8.18. The molecule has 1 aromatic heterocycles. The van der Waals surface area contributed by atoms with Crippen LogP contribution in [0.15, 0.2) is 111 Å². The van der Waals surface area contributed by atoms with E-state index in [0.717, 1.165) is 22.9 Å². The summed E-state index contributed by atoms with van der Waals surface area (Å²) in [4.78, 5) is 41.6. The van der Waals surface area contributed by atoms with Crippen molar-refractivity contribution in [1.29, 1.82) is 0 Å². The monoisotopic (exact) mass is 518 g/mol. The first kappa shape index (κ1) is 23.3. The fourth-order valence-electron chi connectivity index (χ4n) is 4.08. The van der Waals surface area contributed by atoms with Gasteiger partial charge in [0.25, 0.3) is 17.4 Å². The minimum atomic E-state index is -0.491. The van der Waals surface area contributed by atoms with E-state index < -0.39 is 5.91 Å². The maximum absolute atomic E-state index is 12.5. The van der Waals surface area contributed by atoms with Crippen LogP contribution in [0, 0.1) is 0 Å². The molecule has 2 aliphatic rings. The highest BCUT2D eigenvalue weighted by Gasteiger charge is 2.34. The summed E-state index contributed by atoms with van der Waals surface area (Å²) in [5.41, 5.74) is 7.16. The standard InChI is InChI=1S/C28H18N6O3S/c35-23-15-14-21(18-6-2-1-3-7-18)33-34(23)19-12-10-17(11-13-19)16-29-32-28-31-27(37)25(38-28)24-20-8-4-5-9-22(20)30-26(24)36/h1-16H,(H,30,36)(H,31,32,37)/b25-24+,29-16-. The van der Waals surface area contributed by atoms with Crippen molar-refractivity contribution >= 4 is 46.2 Å². The van der Waals surface area contributed by atoms with Gasteiger partial charge >= 0.3 is 0 Å². The first-order valence-electron chi connectivity index (χ1n) is 11.6. The largest absolute Gasteiger partial charge is 0.321 e. The SMILES string of the molecule is O=C1N=C(N/N=C\c2ccc(-n3nc(-c4ccccc4)ccc3=O)cc2)S/C1=C1/C(=O)Nc2ccccc21. The number of benzene rings is 3. The van der Waals surface area contributed by atoms with Gasteiger partial charge in [-0.15, -0.1) is 0 Å². The molecule has 38 heavy (non-hydrogen) atoms. The number of hydrazone groups is 1. The van der Waals surface area contributed by atoms with E-state index in [4.69, 9.17) is 0 Å². The lowest BCUT2D eigenvalue weighted by Gasteiger charge is -2.07. The fraction of sp³-hybridized carbons (Fsp3) is 0. The molecule has 10 heteroatoms. The third-order valence-electron chi connectivity index (χ3n) is 5.88.